The third-order valence-corrected chi connectivity index (χ3v) is 4.61. The minimum Gasteiger partial charge on any atom is -0.449 e. The van der Waals surface area contributed by atoms with Gasteiger partial charge in [-0.05, 0) is 49.6 Å². The molecule has 1 aliphatic rings. The number of para-hydroxylation sites is 1. The molecule has 1 amide bonds. The van der Waals surface area contributed by atoms with E-state index in [0.29, 0.717) is 12.1 Å². The fourth-order valence-corrected chi connectivity index (χ4v) is 3.17. The third kappa shape index (κ3) is 3.72. The van der Waals surface area contributed by atoms with Crippen LogP contribution in [-0.2, 0) is 16.0 Å². The van der Waals surface area contributed by atoms with Crippen molar-refractivity contribution in [2.45, 2.75) is 25.9 Å². The fourth-order valence-electron chi connectivity index (χ4n) is 3.17. The van der Waals surface area contributed by atoms with Gasteiger partial charge in [-0.2, -0.15) is 0 Å². The number of nitrogens with zero attached hydrogens (tertiary/aromatic N) is 2. The molecule has 2 aromatic carbocycles. The van der Waals surface area contributed by atoms with Crippen molar-refractivity contribution >= 4 is 23.3 Å². The van der Waals surface area contributed by atoms with Crippen LogP contribution in [0.25, 0.3) is 0 Å². The first kappa shape index (κ1) is 18.0. The summed E-state index contributed by atoms with van der Waals surface area (Å²) in [4.78, 5) is 28.9. The molecule has 26 heavy (non-hydrogen) atoms. The van der Waals surface area contributed by atoms with E-state index in [1.807, 2.05) is 49.3 Å². The Morgan fingerprint density at radius 2 is 1.88 bits per heavy atom. The van der Waals surface area contributed by atoms with E-state index >= 15 is 0 Å². The van der Waals surface area contributed by atoms with Crippen LogP contribution in [0.1, 0.15) is 29.3 Å². The maximum absolute atomic E-state index is 12.8. The number of hydrogen-bond donors (Lipinski definition) is 0. The molecule has 0 saturated carbocycles. The molecule has 1 atom stereocenters. The van der Waals surface area contributed by atoms with Gasteiger partial charge in [-0.3, -0.25) is 4.79 Å². The summed E-state index contributed by atoms with van der Waals surface area (Å²) in [5, 5.41) is 0. The van der Waals surface area contributed by atoms with Crippen LogP contribution in [0.5, 0.6) is 0 Å². The second-order valence-electron chi connectivity index (χ2n) is 6.71. The van der Waals surface area contributed by atoms with E-state index in [0.717, 1.165) is 29.8 Å². The number of ether oxygens (including phenoxy) is 1. The van der Waals surface area contributed by atoms with Gasteiger partial charge in [0.1, 0.15) is 0 Å². The molecular formula is C21H24N2O3. The predicted molar refractivity (Wildman–Crippen MR) is 103 cm³/mol. The highest BCUT2D eigenvalue weighted by atomic mass is 16.5. The van der Waals surface area contributed by atoms with E-state index in [1.165, 1.54) is 0 Å². The molecule has 0 spiro atoms. The molecule has 2 aromatic rings. The minimum atomic E-state index is -0.836. The summed E-state index contributed by atoms with van der Waals surface area (Å²) >= 11 is 0. The Morgan fingerprint density at radius 3 is 2.65 bits per heavy atom. The molecule has 5 nitrogen and oxygen atoms in total. The van der Waals surface area contributed by atoms with Crippen LogP contribution in [-0.4, -0.2) is 38.6 Å². The quantitative estimate of drug-likeness (QED) is 0.793. The normalized spacial score (nSPS) is 14.3. The van der Waals surface area contributed by atoms with Gasteiger partial charge in [-0.25, -0.2) is 4.79 Å². The highest BCUT2D eigenvalue weighted by molar-refractivity contribution is 6.00. The maximum Gasteiger partial charge on any atom is 0.338 e. The topological polar surface area (TPSA) is 49.9 Å². The van der Waals surface area contributed by atoms with Gasteiger partial charge in [-0.15, -0.1) is 0 Å². The van der Waals surface area contributed by atoms with Gasteiger partial charge in [0.15, 0.2) is 6.10 Å². The maximum atomic E-state index is 12.8. The summed E-state index contributed by atoms with van der Waals surface area (Å²) in [5.74, 6) is -0.672. The SMILES string of the molecule is CC(OC(=O)c1cccc(N(C)C)c1)C(=O)N1CCCc2ccccc21. The highest BCUT2D eigenvalue weighted by Crippen LogP contribution is 2.27. The number of esters is 1. The summed E-state index contributed by atoms with van der Waals surface area (Å²) in [6.07, 6.45) is 1.04. The molecule has 1 aliphatic heterocycles. The standard InChI is InChI=1S/C21H24N2O3/c1-15(26-21(25)17-9-6-11-18(14-17)22(2)3)20(24)23-13-7-10-16-8-4-5-12-19(16)23/h4-6,8-9,11-12,14-15H,7,10,13H2,1-3H3. The summed E-state index contributed by atoms with van der Waals surface area (Å²) in [6.45, 7) is 2.28. The van der Waals surface area contributed by atoms with E-state index in [1.54, 1.807) is 30.0 Å². The van der Waals surface area contributed by atoms with Gasteiger partial charge in [0.2, 0.25) is 0 Å². The molecule has 3 rings (SSSR count). The van der Waals surface area contributed by atoms with Crippen LogP contribution in [0.15, 0.2) is 48.5 Å². The number of fused-ring (bicyclic) bond motifs is 1. The first-order valence-electron chi connectivity index (χ1n) is 8.85. The number of benzene rings is 2. The molecule has 0 saturated heterocycles. The Balaban J connectivity index is 1.72. The number of carbonyl (C=O) groups excluding carboxylic acids is 2. The Labute approximate surface area is 154 Å². The van der Waals surface area contributed by atoms with Gasteiger partial charge >= 0.3 is 5.97 Å². The Kier molecular flexibility index (Phi) is 5.26. The summed E-state index contributed by atoms with van der Waals surface area (Å²) < 4.78 is 5.45. The van der Waals surface area contributed by atoms with Crippen LogP contribution >= 0.6 is 0 Å². The van der Waals surface area contributed by atoms with E-state index in [4.69, 9.17) is 4.74 Å². The van der Waals surface area contributed by atoms with E-state index in [9.17, 15) is 9.59 Å². The summed E-state index contributed by atoms with van der Waals surface area (Å²) in [5.41, 5.74) is 3.42. The van der Waals surface area contributed by atoms with Crippen molar-refractivity contribution < 1.29 is 14.3 Å². The minimum absolute atomic E-state index is 0.186. The van der Waals surface area contributed by atoms with Crippen molar-refractivity contribution in [2.75, 3.05) is 30.4 Å². The van der Waals surface area contributed by atoms with Gasteiger partial charge in [0.25, 0.3) is 5.91 Å². The zero-order valence-corrected chi connectivity index (χ0v) is 15.4. The van der Waals surface area contributed by atoms with E-state index < -0.39 is 12.1 Å². The number of aryl methyl sites for hydroxylation is 1. The molecule has 1 heterocycles. The smallest absolute Gasteiger partial charge is 0.338 e. The largest absolute Gasteiger partial charge is 0.449 e. The first-order chi connectivity index (χ1) is 12.5. The van der Waals surface area contributed by atoms with Gasteiger partial charge in [-0.1, -0.05) is 24.3 Å². The average Bonchev–Trinajstić information content (AvgIpc) is 2.67. The molecule has 1 unspecified atom stereocenters. The lowest BCUT2D eigenvalue weighted by Gasteiger charge is -2.31. The monoisotopic (exact) mass is 352 g/mol. The Morgan fingerprint density at radius 1 is 1.12 bits per heavy atom. The molecule has 0 bridgehead atoms. The Bertz CT molecular complexity index is 816. The zero-order valence-electron chi connectivity index (χ0n) is 15.4. The van der Waals surface area contributed by atoms with Crippen molar-refractivity contribution in [3.63, 3.8) is 0 Å². The molecular weight excluding hydrogens is 328 g/mol. The lowest BCUT2D eigenvalue weighted by atomic mass is 10.0. The molecule has 136 valence electrons. The number of carbonyl (C=O) groups is 2. The second kappa shape index (κ2) is 7.60. The first-order valence-corrected chi connectivity index (χ1v) is 8.85. The van der Waals surface area contributed by atoms with Crippen molar-refractivity contribution in [1.82, 2.24) is 0 Å². The lowest BCUT2D eigenvalue weighted by molar-refractivity contribution is -0.126. The molecule has 0 aliphatic carbocycles. The third-order valence-electron chi connectivity index (χ3n) is 4.61. The number of rotatable bonds is 4. The Hall–Kier alpha value is -2.82. The molecule has 0 aromatic heterocycles. The van der Waals surface area contributed by atoms with Crippen LogP contribution in [0.3, 0.4) is 0 Å². The highest BCUT2D eigenvalue weighted by Gasteiger charge is 2.28. The van der Waals surface area contributed by atoms with Crippen LogP contribution in [0.4, 0.5) is 11.4 Å². The van der Waals surface area contributed by atoms with Crippen molar-refractivity contribution in [3.05, 3.63) is 59.7 Å². The van der Waals surface area contributed by atoms with Gasteiger partial charge in [0, 0.05) is 32.0 Å². The van der Waals surface area contributed by atoms with Crippen molar-refractivity contribution in [1.29, 1.82) is 0 Å². The number of hydrogen-bond acceptors (Lipinski definition) is 4. The molecule has 0 radical (unpaired) electrons. The summed E-state index contributed by atoms with van der Waals surface area (Å²) in [6, 6.07) is 15.1. The molecule has 5 heteroatoms. The average molecular weight is 352 g/mol. The lowest BCUT2D eigenvalue weighted by Crippen LogP contribution is -2.42. The van der Waals surface area contributed by atoms with Crippen LogP contribution < -0.4 is 9.80 Å². The van der Waals surface area contributed by atoms with Gasteiger partial charge < -0.3 is 14.5 Å². The van der Waals surface area contributed by atoms with Gasteiger partial charge in [0.05, 0.1) is 5.56 Å². The number of anilines is 2. The van der Waals surface area contributed by atoms with E-state index in [-0.39, 0.29) is 5.91 Å². The summed E-state index contributed by atoms with van der Waals surface area (Å²) in [7, 11) is 3.81. The predicted octanol–water partition coefficient (Wildman–Crippen LogP) is 3.28. The van der Waals surface area contributed by atoms with Crippen molar-refractivity contribution in [2.24, 2.45) is 0 Å². The zero-order chi connectivity index (χ0) is 18.7. The second-order valence-corrected chi connectivity index (χ2v) is 6.71. The number of amides is 1. The fraction of sp³-hybridized carbons (Fsp3) is 0.333. The molecule has 0 N–H and O–H groups in total. The molecule has 0 fully saturated rings. The van der Waals surface area contributed by atoms with Crippen LogP contribution in [0.2, 0.25) is 0 Å². The van der Waals surface area contributed by atoms with E-state index in [2.05, 4.69) is 0 Å². The van der Waals surface area contributed by atoms with Crippen LogP contribution in [0, 0.1) is 0 Å². The van der Waals surface area contributed by atoms with Crippen molar-refractivity contribution in [3.8, 4) is 0 Å².